The number of aryl methyl sites for hydroxylation is 1. The molecular formula is C22H24ClN3O5. The Kier molecular flexibility index (Phi) is 9.51. The Morgan fingerprint density at radius 3 is 2.29 bits per heavy atom. The van der Waals surface area contributed by atoms with Crippen molar-refractivity contribution in [1.82, 2.24) is 10.9 Å². The lowest BCUT2D eigenvalue weighted by atomic mass is 10.1. The highest BCUT2D eigenvalue weighted by atomic mass is 35.5. The maximum Gasteiger partial charge on any atom is 0.306 e. The van der Waals surface area contributed by atoms with Crippen molar-refractivity contribution in [2.24, 2.45) is 0 Å². The highest BCUT2D eigenvalue weighted by Crippen LogP contribution is 2.14. The molecule has 3 N–H and O–H groups in total. The van der Waals surface area contributed by atoms with Crippen LogP contribution in [0.2, 0.25) is 5.02 Å². The van der Waals surface area contributed by atoms with Gasteiger partial charge < -0.3 is 10.1 Å². The molecule has 0 fully saturated rings. The molecule has 164 valence electrons. The summed E-state index contributed by atoms with van der Waals surface area (Å²) in [5, 5.41) is 2.90. The molecular weight excluding hydrogens is 422 g/mol. The smallest absolute Gasteiger partial charge is 0.306 e. The molecule has 0 atom stereocenters. The zero-order valence-corrected chi connectivity index (χ0v) is 17.8. The number of rotatable bonds is 9. The lowest BCUT2D eigenvalue weighted by molar-refractivity contribution is -0.147. The number of hydrogen-bond donors (Lipinski definition) is 3. The number of benzene rings is 2. The summed E-state index contributed by atoms with van der Waals surface area (Å²) in [6.45, 7) is 1.63. The summed E-state index contributed by atoms with van der Waals surface area (Å²) in [7, 11) is 0. The van der Waals surface area contributed by atoms with Crippen LogP contribution in [0.5, 0.6) is 0 Å². The molecule has 0 aliphatic carbocycles. The highest BCUT2D eigenvalue weighted by Gasteiger charge is 2.12. The van der Waals surface area contributed by atoms with E-state index >= 15 is 0 Å². The Hall–Kier alpha value is -3.39. The second-order valence-corrected chi connectivity index (χ2v) is 7.00. The van der Waals surface area contributed by atoms with Gasteiger partial charge in [0.25, 0.3) is 11.8 Å². The van der Waals surface area contributed by atoms with E-state index in [4.69, 9.17) is 16.3 Å². The van der Waals surface area contributed by atoms with Crippen molar-refractivity contribution in [1.29, 1.82) is 0 Å². The molecule has 9 heteroatoms. The molecule has 0 aromatic heterocycles. The van der Waals surface area contributed by atoms with Gasteiger partial charge in [-0.05, 0) is 42.7 Å². The van der Waals surface area contributed by atoms with Gasteiger partial charge >= 0.3 is 5.97 Å². The SMILES string of the molecule is CCc1ccc(NC(=O)COC(=O)CCCC(=O)NNC(=O)c2ccccc2Cl)cc1. The number of carbonyl (C=O) groups excluding carboxylic acids is 4. The lowest BCUT2D eigenvalue weighted by Crippen LogP contribution is -2.41. The molecule has 0 radical (unpaired) electrons. The summed E-state index contributed by atoms with van der Waals surface area (Å²) in [4.78, 5) is 47.3. The molecule has 2 rings (SSSR count). The topological polar surface area (TPSA) is 114 Å². The van der Waals surface area contributed by atoms with Gasteiger partial charge in [0, 0.05) is 18.5 Å². The minimum absolute atomic E-state index is 0.00608. The second-order valence-electron chi connectivity index (χ2n) is 6.60. The molecule has 3 amide bonds. The van der Waals surface area contributed by atoms with Crippen LogP contribution in [0.1, 0.15) is 42.1 Å². The third-order valence-electron chi connectivity index (χ3n) is 4.23. The Morgan fingerprint density at radius 2 is 1.61 bits per heavy atom. The van der Waals surface area contributed by atoms with Gasteiger partial charge in [-0.25, -0.2) is 0 Å². The van der Waals surface area contributed by atoms with Crippen LogP contribution in [0.15, 0.2) is 48.5 Å². The van der Waals surface area contributed by atoms with Crippen molar-refractivity contribution < 1.29 is 23.9 Å². The molecule has 0 bridgehead atoms. The van der Waals surface area contributed by atoms with Crippen molar-refractivity contribution in [3.05, 3.63) is 64.7 Å². The third-order valence-corrected chi connectivity index (χ3v) is 4.56. The van der Waals surface area contributed by atoms with Gasteiger partial charge in [-0.15, -0.1) is 0 Å². The van der Waals surface area contributed by atoms with E-state index in [-0.39, 0.29) is 29.8 Å². The van der Waals surface area contributed by atoms with Crippen LogP contribution >= 0.6 is 11.6 Å². The number of anilines is 1. The van der Waals surface area contributed by atoms with Crippen molar-refractivity contribution in [3.8, 4) is 0 Å². The lowest BCUT2D eigenvalue weighted by Gasteiger charge is -2.09. The van der Waals surface area contributed by atoms with Gasteiger partial charge in [0.15, 0.2) is 6.61 Å². The van der Waals surface area contributed by atoms with E-state index < -0.39 is 30.3 Å². The summed E-state index contributed by atoms with van der Waals surface area (Å²) in [5.41, 5.74) is 6.51. The Morgan fingerprint density at radius 1 is 0.903 bits per heavy atom. The summed E-state index contributed by atoms with van der Waals surface area (Å²) in [6, 6.07) is 13.8. The molecule has 8 nitrogen and oxygen atoms in total. The normalized spacial score (nSPS) is 10.1. The number of nitrogens with one attached hydrogen (secondary N) is 3. The summed E-state index contributed by atoms with van der Waals surface area (Å²) in [6.07, 6.45) is 1.06. The number of hydrazine groups is 1. The Labute approximate surface area is 185 Å². The van der Waals surface area contributed by atoms with Gasteiger partial charge in [-0.3, -0.25) is 30.0 Å². The Balaban J connectivity index is 1.60. The number of esters is 1. The average Bonchev–Trinajstić information content (AvgIpc) is 2.77. The van der Waals surface area contributed by atoms with Crippen LogP contribution in [-0.2, 0) is 25.5 Å². The number of halogens is 1. The zero-order valence-electron chi connectivity index (χ0n) is 17.1. The first-order chi connectivity index (χ1) is 14.9. The van der Waals surface area contributed by atoms with E-state index in [0.29, 0.717) is 5.69 Å². The summed E-state index contributed by atoms with van der Waals surface area (Å²) in [5.74, 6) is -2.06. The number of carbonyl (C=O) groups is 4. The molecule has 31 heavy (non-hydrogen) atoms. The van der Waals surface area contributed by atoms with E-state index in [0.717, 1.165) is 12.0 Å². The first-order valence-electron chi connectivity index (χ1n) is 9.77. The van der Waals surface area contributed by atoms with Gasteiger partial charge in [0.2, 0.25) is 5.91 Å². The van der Waals surface area contributed by atoms with E-state index in [2.05, 4.69) is 16.2 Å². The van der Waals surface area contributed by atoms with Crippen LogP contribution in [0, 0.1) is 0 Å². The highest BCUT2D eigenvalue weighted by molar-refractivity contribution is 6.33. The quantitative estimate of drug-likeness (QED) is 0.405. The molecule has 0 heterocycles. The number of amides is 3. The average molecular weight is 446 g/mol. The first kappa shape index (κ1) is 23.9. The van der Waals surface area contributed by atoms with Gasteiger partial charge in [0.05, 0.1) is 10.6 Å². The standard InChI is InChI=1S/C22H24ClN3O5/c1-2-15-10-12-16(13-11-15)24-20(28)14-31-21(29)9-5-8-19(27)25-26-22(30)17-6-3-4-7-18(17)23/h3-4,6-7,10-13H,2,5,8-9,14H2,1H3,(H,24,28)(H,25,27)(H,26,30). The van der Waals surface area contributed by atoms with Crippen LogP contribution in [0.4, 0.5) is 5.69 Å². The molecule has 2 aromatic rings. The fourth-order valence-corrected chi connectivity index (χ4v) is 2.76. The first-order valence-corrected chi connectivity index (χ1v) is 10.1. The monoisotopic (exact) mass is 445 g/mol. The largest absolute Gasteiger partial charge is 0.456 e. The maximum atomic E-state index is 11.9. The van der Waals surface area contributed by atoms with Crippen molar-refractivity contribution in [3.63, 3.8) is 0 Å². The van der Waals surface area contributed by atoms with Gasteiger partial charge in [0.1, 0.15) is 0 Å². The fraction of sp³-hybridized carbons (Fsp3) is 0.273. The van der Waals surface area contributed by atoms with E-state index in [1.165, 1.54) is 6.07 Å². The van der Waals surface area contributed by atoms with Gasteiger partial charge in [-0.2, -0.15) is 0 Å². The predicted octanol–water partition coefficient (Wildman–Crippen LogP) is 3.02. The van der Waals surface area contributed by atoms with Crippen LogP contribution in [-0.4, -0.2) is 30.3 Å². The summed E-state index contributed by atoms with van der Waals surface area (Å²) < 4.78 is 4.90. The van der Waals surface area contributed by atoms with Crippen LogP contribution < -0.4 is 16.2 Å². The number of hydrogen-bond acceptors (Lipinski definition) is 5. The summed E-state index contributed by atoms with van der Waals surface area (Å²) >= 11 is 5.91. The molecule has 0 saturated heterocycles. The zero-order chi connectivity index (χ0) is 22.6. The molecule has 2 aromatic carbocycles. The molecule has 0 unspecified atom stereocenters. The minimum atomic E-state index is -0.593. The maximum absolute atomic E-state index is 11.9. The molecule has 0 saturated carbocycles. The third kappa shape index (κ3) is 8.47. The van der Waals surface area contributed by atoms with Crippen LogP contribution in [0.25, 0.3) is 0 Å². The Bertz CT molecular complexity index is 931. The number of ether oxygens (including phenoxy) is 1. The molecule has 0 aliphatic heterocycles. The minimum Gasteiger partial charge on any atom is -0.456 e. The van der Waals surface area contributed by atoms with E-state index in [9.17, 15) is 19.2 Å². The van der Waals surface area contributed by atoms with E-state index in [1.54, 1.807) is 30.3 Å². The van der Waals surface area contributed by atoms with Crippen molar-refractivity contribution >= 4 is 41.0 Å². The fourth-order valence-electron chi connectivity index (χ4n) is 2.53. The molecule has 0 aliphatic rings. The predicted molar refractivity (Wildman–Crippen MR) is 116 cm³/mol. The second kappa shape index (κ2) is 12.3. The van der Waals surface area contributed by atoms with Gasteiger partial charge in [-0.1, -0.05) is 42.8 Å². The van der Waals surface area contributed by atoms with Crippen molar-refractivity contribution in [2.75, 3.05) is 11.9 Å². The van der Waals surface area contributed by atoms with Crippen molar-refractivity contribution in [2.45, 2.75) is 32.6 Å². The molecule has 0 spiro atoms. The van der Waals surface area contributed by atoms with E-state index in [1.807, 2.05) is 19.1 Å². The van der Waals surface area contributed by atoms with Crippen LogP contribution in [0.3, 0.4) is 0 Å².